The van der Waals surface area contributed by atoms with Crippen LogP contribution in [0.25, 0.3) is 6.08 Å². The molecule has 0 bridgehead atoms. The van der Waals surface area contributed by atoms with E-state index >= 15 is 0 Å². The highest BCUT2D eigenvalue weighted by atomic mass is 16.5. The summed E-state index contributed by atoms with van der Waals surface area (Å²) in [6.07, 6.45) is 4.35. The van der Waals surface area contributed by atoms with E-state index in [1.165, 1.54) is 16.7 Å². The van der Waals surface area contributed by atoms with Crippen LogP contribution >= 0.6 is 0 Å². The molecule has 0 aromatic heterocycles. The third kappa shape index (κ3) is 9.62. The minimum absolute atomic E-state index is 0.672. The molecule has 130 valence electrons. The fourth-order valence-electron chi connectivity index (χ4n) is 1.81. The summed E-state index contributed by atoms with van der Waals surface area (Å²) in [6, 6.07) is 6.21. The Kier molecular flexibility index (Phi) is 23.0. The minimum atomic E-state index is 0.672. The molecule has 0 atom stereocenters. The average Bonchev–Trinajstić information content (AvgIpc) is 2.67. The zero-order chi connectivity index (χ0) is 18.0. The molecular formula is C20H39NO. The quantitative estimate of drug-likeness (QED) is 0.717. The van der Waals surface area contributed by atoms with Crippen molar-refractivity contribution in [2.45, 2.75) is 68.2 Å². The van der Waals surface area contributed by atoms with Gasteiger partial charge in [0.1, 0.15) is 5.75 Å². The maximum absolute atomic E-state index is 5.62. The van der Waals surface area contributed by atoms with Gasteiger partial charge in [-0.3, -0.25) is 0 Å². The van der Waals surface area contributed by atoms with E-state index in [1.54, 1.807) is 7.11 Å². The minimum Gasteiger partial charge on any atom is -0.497 e. The second kappa shape index (κ2) is 19.7. The zero-order valence-corrected chi connectivity index (χ0v) is 16.4. The van der Waals surface area contributed by atoms with Gasteiger partial charge in [0.15, 0.2) is 0 Å². The summed E-state index contributed by atoms with van der Waals surface area (Å²) in [4.78, 5) is 0. The van der Waals surface area contributed by atoms with Crippen molar-refractivity contribution in [1.29, 1.82) is 0 Å². The molecule has 0 saturated carbocycles. The number of nitrogens with two attached hydrogens (primary N) is 1. The molecule has 1 aromatic rings. The Morgan fingerprint density at radius 1 is 0.909 bits per heavy atom. The molecule has 2 nitrogen and oxygen atoms in total. The Bertz CT molecular complexity index is 370. The molecule has 2 N–H and O–H groups in total. The van der Waals surface area contributed by atoms with Crippen LogP contribution in [0.3, 0.4) is 0 Å². The predicted octanol–water partition coefficient (Wildman–Crippen LogP) is 6.09. The summed E-state index contributed by atoms with van der Waals surface area (Å²) in [5, 5.41) is 0. The maximum Gasteiger partial charge on any atom is 0.119 e. The monoisotopic (exact) mass is 309 g/mol. The molecular weight excluding hydrogens is 270 g/mol. The van der Waals surface area contributed by atoms with Gasteiger partial charge in [-0.2, -0.15) is 0 Å². The number of hydrogen-bond donors (Lipinski definition) is 1. The first-order valence-corrected chi connectivity index (χ1v) is 8.90. The number of rotatable bonds is 2. The largest absolute Gasteiger partial charge is 0.497 e. The standard InChI is InChI=1S/C12H15NO.4C2H6/c1-14-12-5-4-10-6-9(8-13)2-3-11(10)7-12;4*1-2/h4-7H,2-3,8,13H2,1H3;4*1-2H3. The van der Waals surface area contributed by atoms with Gasteiger partial charge in [-0.05, 0) is 36.1 Å². The lowest BCUT2D eigenvalue weighted by Gasteiger charge is -2.16. The van der Waals surface area contributed by atoms with E-state index in [1.807, 2.05) is 61.5 Å². The molecule has 2 rings (SSSR count). The average molecular weight is 310 g/mol. The van der Waals surface area contributed by atoms with Crippen molar-refractivity contribution in [3.05, 3.63) is 34.9 Å². The maximum atomic E-state index is 5.62. The van der Waals surface area contributed by atoms with Gasteiger partial charge in [0.25, 0.3) is 0 Å². The van der Waals surface area contributed by atoms with Crippen molar-refractivity contribution in [3.8, 4) is 5.75 Å². The Labute approximate surface area is 139 Å². The lowest BCUT2D eigenvalue weighted by Crippen LogP contribution is -2.08. The Balaban J connectivity index is -0.000000394. The number of fused-ring (bicyclic) bond motifs is 1. The molecule has 0 fully saturated rings. The molecule has 0 heterocycles. The van der Waals surface area contributed by atoms with E-state index in [9.17, 15) is 0 Å². The van der Waals surface area contributed by atoms with Gasteiger partial charge in [-0.15, -0.1) is 0 Å². The highest BCUT2D eigenvalue weighted by Crippen LogP contribution is 2.26. The molecule has 22 heavy (non-hydrogen) atoms. The van der Waals surface area contributed by atoms with Gasteiger partial charge in [-0.25, -0.2) is 0 Å². The smallest absolute Gasteiger partial charge is 0.119 e. The van der Waals surface area contributed by atoms with Gasteiger partial charge in [0.2, 0.25) is 0 Å². The van der Waals surface area contributed by atoms with Crippen LogP contribution in [0.15, 0.2) is 23.8 Å². The molecule has 0 radical (unpaired) electrons. The summed E-state index contributed by atoms with van der Waals surface area (Å²) in [6.45, 7) is 16.7. The van der Waals surface area contributed by atoms with Crippen molar-refractivity contribution in [1.82, 2.24) is 0 Å². The molecule has 0 aliphatic heterocycles. The summed E-state index contributed by atoms with van der Waals surface area (Å²) < 4.78 is 5.19. The molecule has 0 amide bonds. The van der Waals surface area contributed by atoms with Crippen molar-refractivity contribution < 1.29 is 4.74 Å². The Morgan fingerprint density at radius 3 is 1.91 bits per heavy atom. The van der Waals surface area contributed by atoms with Crippen molar-refractivity contribution in [3.63, 3.8) is 0 Å². The number of aryl methyl sites for hydroxylation is 1. The fraction of sp³-hybridized carbons (Fsp3) is 0.600. The van der Waals surface area contributed by atoms with Crippen LogP contribution in [-0.2, 0) is 6.42 Å². The van der Waals surface area contributed by atoms with E-state index in [4.69, 9.17) is 10.5 Å². The molecule has 2 heteroatoms. The van der Waals surface area contributed by atoms with Crippen LogP contribution in [0.2, 0.25) is 0 Å². The SMILES string of the molecule is CC.CC.CC.CC.COc1ccc2c(c1)CCC(CN)=C2. The van der Waals surface area contributed by atoms with Crippen LogP contribution in [0.5, 0.6) is 5.75 Å². The molecule has 1 aliphatic carbocycles. The van der Waals surface area contributed by atoms with Gasteiger partial charge >= 0.3 is 0 Å². The number of hydrogen-bond acceptors (Lipinski definition) is 2. The first-order chi connectivity index (χ1) is 10.8. The lowest BCUT2D eigenvalue weighted by atomic mass is 9.92. The summed E-state index contributed by atoms with van der Waals surface area (Å²) in [7, 11) is 1.70. The normalized spacial score (nSPS) is 10.4. The van der Waals surface area contributed by atoms with Gasteiger partial charge in [0.05, 0.1) is 7.11 Å². The molecule has 1 aromatic carbocycles. The first kappa shape index (κ1) is 25.7. The third-order valence-corrected chi connectivity index (χ3v) is 2.69. The fourth-order valence-corrected chi connectivity index (χ4v) is 1.81. The Morgan fingerprint density at radius 2 is 1.45 bits per heavy atom. The zero-order valence-electron chi connectivity index (χ0n) is 16.4. The van der Waals surface area contributed by atoms with Gasteiger partial charge in [-0.1, -0.05) is 73.1 Å². The second-order valence-electron chi connectivity index (χ2n) is 3.57. The molecule has 0 unspecified atom stereocenters. The number of methoxy groups -OCH3 is 1. The number of benzene rings is 1. The summed E-state index contributed by atoms with van der Waals surface area (Å²) >= 11 is 0. The molecule has 0 spiro atoms. The second-order valence-corrected chi connectivity index (χ2v) is 3.57. The highest BCUT2D eigenvalue weighted by molar-refractivity contribution is 5.61. The first-order valence-electron chi connectivity index (χ1n) is 8.90. The topological polar surface area (TPSA) is 35.2 Å². The van der Waals surface area contributed by atoms with E-state index in [-0.39, 0.29) is 0 Å². The van der Waals surface area contributed by atoms with E-state index in [0.717, 1.165) is 18.6 Å². The van der Waals surface area contributed by atoms with Crippen LogP contribution in [-0.4, -0.2) is 13.7 Å². The van der Waals surface area contributed by atoms with Crippen molar-refractivity contribution in [2.75, 3.05) is 13.7 Å². The predicted molar refractivity (Wildman–Crippen MR) is 104 cm³/mol. The van der Waals surface area contributed by atoms with E-state index in [2.05, 4.69) is 18.2 Å². The van der Waals surface area contributed by atoms with Gasteiger partial charge < -0.3 is 10.5 Å². The number of ether oxygens (including phenoxy) is 1. The Hall–Kier alpha value is -1.28. The molecule has 1 aliphatic rings. The molecule has 0 saturated heterocycles. The third-order valence-electron chi connectivity index (χ3n) is 2.69. The van der Waals surface area contributed by atoms with E-state index in [0.29, 0.717) is 6.54 Å². The summed E-state index contributed by atoms with van der Waals surface area (Å²) in [5.74, 6) is 0.938. The summed E-state index contributed by atoms with van der Waals surface area (Å²) in [5.41, 5.74) is 9.61. The van der Waals surface area contributed by atoms with E-state index < -0.39 is 0 Å². The lowest BCUT2D eigenvalue weighted by molar-refractivity contribution is 0.414. The van der Waals surface area contributed by atoms with Crippen LogP contribution < -0.4 is 10.5 Å². The van der Waals surface area contributed by atoms with Crippen molar-refractivity contribution in [2.24, 2.45) is 5.73 Å². The van der Waals surface area contributed by atoms with Crippen LogP contribution in [0.1, 0.15) is 72.9 Å². The van der Waals surface area contributed by atoms with Crippen LogP contribution in [0.4, 0.5) is 0 Å². The van der Waals surface area contributed by atoms with Gasteiger partial charge in [0, 0.05) is 6.54 Å². The van der Waals surface area contributed by atoms with Crippen molar-refractivity contribution >= 4 is 6.08 Å². The highest BCUT2D eigenvalue weighted by Gasteiger charge is 2.09. The van der Waals surface area contributed by atoms with Crippen LogP contribution in [0, 0.1) is 0 Å².